The number of pyridine rings is 1. The molecule has 0 spiro atoms. The number of carbonyl (C=O) groups excluding carboxylic acids is 1. The molecule has 0 radical (unpaired) electrons. The monoisotopic (exact) mass is 476 g/mol. The van der Waals surface area contributed by atoms with E-state index in [1.165, 1.54) is 17.8 Å². The van der Waals surface area contributed by atoms with Gasteiger partial charge in [-0.2, -0.15) is 4.98 Å². The zero-order valence-corrected chi connectivity index (χ0v) is 20.0. The maximum atomic E-state index is 13.3. The third-order valence-electron chi connectivity index (χ3n) is 6.47. The van der Waals surface area contributed by atoms with Gasteiger partial charge in [-0.1, -0.05) is 35.5 Å². The van der Waals surface area contributed by atoms with E-state index in [9.17, 15) is 9.59 Å². The Hall–Kier alpha value is -3.75. The van der Waals surface area contributed by atoms with Crippen LogP contribution in [-0.4, -0.2) is 55.4 Å². The number of aromatic carboxylic acids is 1. The summed E-state index contributed by atoms with van der Waals surface area (Å²) in [6.45, 7) is 6.05. The number of aromatic nitrogens is 3. The van der Waals surface area contributed by atoms with E-state index in [0.717, 1.165) is 19.3 Å². The van der Waals surface area contributed by atoms with Crippen LogP contribution in [0.15, 0.2) is 53.2 Å². The second kappa shape index (κ2) is 8.48. The molecule has 2 fully saturated rings. The molecule has 2 aliphatic carbocycles. The van der Waals surface area contributed by atoms with Crippen molar-refractivity contribution in [2.75, 3.05) is 6.54 Å². The van der Waals surface area contributed by atoms with E-state index in [4.69, 9.17) is 14.4 Å². The van der Waals surface area contributed by atoms with Crippen LogP contribution in [0.2, 0.25) is 0 Å². The molecule has 2 aliphatic rings. The highest BCUT2D eigenvalue weighted by Crippen LogP contribution is 2.52. The van der Waals surface area contributed by atoms with Gasteiger partial charge in [0.1, 0.15) is 11.3 Å². The number of amides is 1. The lowest BCUT2D eigenvalue weighted by Crippen LogP contribution is -2.43. The molecule has 9 nitrogen and oxygen atoms in total. The molecule has 182 valence electrons. The summed E-state index contributed by atoms with van der Waals surface area (Å²) in [5.74, 6) is -0.0108. The van der Waals surface area contributed by atoms with Crippen LogP contribution in [0.25, 0.3) is 11.5 Å². The molecule has 9 heteroatoms. The van der Waals surface area contributed by atoms with Crippen LogP contribution < -0.4 is 0 Å². The minimum atomic E-state index is -1.10. The molecule has 35 heavy (non-hydrogen) atoms. The predicted molar refractivity (Wildman–Crippen MR) is 126 cm³/mol. The first-order valence-electron chi connectivity index (χ1n) is 11.7. The molecule has 2 saturated carbocycles. The van der Waals surface area contributed by atoms with Gasteiger partial charge in [0.15, 0.2) is 5.82 Å². The number of rotatable bonds is 7. The second-order valence-electron chi connectivity index (χ2n) is 10.4. The van der Waals surface area contributed by atoms with Gasteiger partial charge in [0.25, 0.3) is 5.89 Å². The van der Waals surface area contributed by atoms with Crippen LogP contribution in [0.4, 0.5) is 4.79 Å². The molecular formula is C26H28N4O5. The minimum absolute atomic E-state index is 0.0578. The molecule has 0 saturated heterocycles. The van der Waals surface area contributed by atoms with Crippen LogP contribution >= 0.6 is 0 Å². The van der Waals surface area contributed by atoms with Gasteiger partial charge < -0.3 is 19.3 Å². The van der Waals surface area contributed by atoms with Crippen molar-refractivity contribution in [2.24, 2.45) is 0 Å². The highest BCUT2D eigenvalue weighted by Gasteiger charge is 2.55. The van der Waals surface area contributed by atoms with Crippen LogP contribution in [0, 0.1) is 0 Å². The Labute approximate surface area is 203 Å². The van der Waals surface area contributed by atoms with Crippen molar-refractivity contribution in [3.63, 3.8) is 0 Å². The lowest BCUT2D eigenvalue weighted by Gasteiger charge is -2.30. The molecule has 2 aromatic heterocycles. The van der Waals surface area contributed by atoms with Crippen molar-refractivity contribution in [3.05, 3.63) is 65.7 Å². The minimum Gasteiger partial charge on any atom is -0.477 e. The number of benzene rings is 1. The first-order valence-corrected chi connectivity index (χ1v) is 11.7. The van der Waals surface area contributed by atoms with Gasteiger partial charge in [-0.25, -0.2) is 14.6 Å². The summed E-state index contributed by atoms with van der Waals surface area (Å²) in [6, 6.07) is 13.3. The highest BCUT2D eigenvalue weighted by atomic mass is 16.6. The summed E-state index contributed by atoms with van der Waals surface area (Å²) in [5.41, 5.74) is 0.710. The third-order valence-corrected chi connectivity index (χ3v) is 6.47. The Kier molecular flexibility index (Phi) is 5.57. The smallest absolute Gasteiger partial charge is 0.410 e. The Morgan fingerprint density at radius 3 is 2.51 bits per heavy atom. The lowest BCUT2D eigenvalue weighted by molar-refractivity contribution is 0.0208. The van der Waals surface area contributed by atoms with E-state index in [2.05, 4.69) is 27.3 Å². The fourth-order valence-corrected chi connectivity index (χ4v) is 4.35. The Morgan fingerprint density at radius 2 is 1.91 bits per heavy atom. The number of ether oxygens (including phenoxy) is 1. The maximum absolute atomic E-state index is 13.3. The van der Waals surface area contributed by atoms with E-state index in [1.54, 1.807) is 6.07 Å². The number of nitrogens with zero attached hydrogens (tertiary/aromatic N) is 4. The summed E-state index contributed by atoms with van der Waals surface area (Å²) in [4.78, 5) is 34.7. The first-order chi connectivity index (χ1) is 16.7. The lowest BCUT2D eigenvalue weighted by atomic mass is 10.1. The predicted octanol–water partition coefficient (Wildman–Crippen LogP) is 4.65. The average molecular weight is 477 g/mol. The van der Waals surface area contributed by atoms with E-state index < -0.39 is 17.0 Å². The van der Waals surface area contributed by atoms with Gasteiger partial charge in [0.2, 0.25) is 0 Å². The second-order valence-corrected chi connectivity index (χ2v) is 10.4. The summed E-state index contributed by atoms with van der Waals surface area (Å²) >= 11 is 0. The molecule has 1 N–H and O–H groups in total. The molecule has 1 unspecified atom stereocenters. The van der Waals surface area contributed by atoms with Gasteiger partial charge in [0, 0.05) is 24.7 Å². The zero-order chi connectivity index (χ0) is 24.8. The van der Waals surface area contributed by atoms with Gasteiger partial charge >= 0.3 is 12.1 Å². The van der Waals surface area contributed by atoms with Crippen molar-refractivity contribution >= 4 is 12.1 Å². The molecular weight excluding hydrogens is 448 g/mol. The van der Waals surface area contributed by atoms with Crippen molar-refractivity contribution in [2.45, 2.75) is 63.0 Å². The standard InChI is InChI=1S/C26H28N4O5/c1-25(2,3)34-24(33)30(20-13-18(20)16-7-5-4-6-8-16)15-26(11-12-26)23-28-21(35-29-23)17-9-10-19(22(31)32)27-14-17/h4-10,14,18,20H,11-13,15H2,1-3H3,(H,31,32)/t18?,20-/m0/s1. The fraction of sp³-hybridized carbons (Fsp3) is 0.423. The van der Waals surface area contributed by atoms with E-state index >= 15 is 0 Å². The first kappa shape index (κ1) is 23.0. The summed E-state index contributed by atoms with van der Waals surface area (Å²) in [6.07, 6.45) is 3.64. The molecule has 2 atom stereocenters. The zero-order valence-electron chi connectivity index (χ0n) is 20.0. The van der Waals surface area contributed by atoms with Crippen LogP contribution in [0.1, 0.15) is 67.8 Å². The molecule has 1 aromatic carbocycles. The van der Waals surface area contributed by atoms with Crippen LogP contribution in [0.3, 0.4) is 0 Å². The number of hydrogen-bond acceptors (Lipinski definition) is 7. The molecule has 3 aromatic rings. The Morgan fingerprint density at radius 1 is 1.17 bits per heavy atom. The average Bonchev–Trinajstić information content (AvgIpc) is 3.73. The van der Waals surface area contributed by atoms with Gasteiger partial charge in [-0.15, -0.1) is 0 Å². The number of carbonyl (C=O) groups is 2. The van der Waals surface area contributed by atoms with Gasteiger partial charge in [0.05, 0.1) is 11.0 Å². The Balaban J connectivity index is 1.36. The topological polar surface area (TPSA) is 119 Å². The molecule has 0 bridgehead atoms. The van der Waals surface area contributed by atoms with E-state index in [-0.39, 0.29) is 29.6 Å². The molecule has 2 heterocycles. The Bertz CT molecular complexity index is 1230. The van der Waals surface area contributed by atoms with E-state index in [0.29, 0.717) is 17.9 Å². The van der Waals surface area contributed by atoms with Gasteiger partial charge in [-0.05, 0) is 57.7 Å². The third kappa shape index (κ3) is 4.89. The van der Waals surface area contributed by atoms with Crippen molar-refractivity contribution < 1.29 is 24.0 Å². The highest BCUT2D eigenvalue weighted by molar-refractivity contribution is 5.85. The summed E-state index contributed by atoms with van der Waals surface area (Å²) in [5, 5.41) is 13.3. The fourth-order valence-electron chi connectivity index (χ4n) is 4.35. The summed E-state index contributed by atoms with van der Waals surface area (Å²) in [7, 11) is 0. The SMILES string of the molecule is CC(C)(C)OC(=O)N(CC1(c2noc(-c3ccc(C(=O)O)nc3)n2)CC1)[C@H]1CC1c1ccccc1. The van der Waals surface area contributed by atoms with Crippen LogP contribution in [-0.2, 0) is 10.2 Å². The van der Waals surface area contributed by atoms with Gasteiger partial charge in [-0.3, -0.25) is 0 Å². The number of carboxylic acids is 1. The van der Waals surface area contributed by atoms with Crippen LogP contribution in [0.5, 0.6) is 0 Å². The van der Waals surface area contributed by atoms with Crippen molar-refractivity contribution in [1.82, 2.24) is 20.0 Å². The number of carboxylic acid groups (broad SMARTS) is 1. The van der Waals surface area contributed by atoms with E-state index in [1.807, 2.05) is 43.9 Å². The quantitative estimate of drug-likeness (QED) is 0.523. The largest absolute Gasteiger partial charge is 0.477 e. The summed E-state index contributed by atoms with van der Waals surface area (Å²) < 4.78 is 11.2. The number of hydrogen-bond donors (Lipinski definition) is 1. The van der Waals surface area contributed by atoms with Crippen molar-refractivity contribution in [1.29, 1.82) is 0 Å². The maximum Gasteiger partial charge on any atom is 0.410 e. The normalized spacial score (nSPS) is 20.2. The molecule has 1 amide bonds. The van der Waals surface area contributed by atoms with Crippen molar-refractivity contribution in [3.8, 4) is 11.5 Å². The molecule has 0 aliphatic heterocycles. The molecule has 5 rings (SSSR count).